The summed E-state index contributed by atoms with van der Waals surface area (Å²) in [6, 6.07) is 9.73. The Hall–Kier alpha value is -1.88. The number of nitrogens with one attached hydrogen (secondary N) is 2. The second kappa shape index (κ2) is 10.1. The van der Waals surface area contributed by atoms with Crippen LogP contribution < -0.4 is 10.6 Å². The number of hydrogen-bond donors (Lipinski definition) is 2. The van der Waals surface area contributed by atoms with Gasteiger partial charge in [-0.1, -0.05) is 43.7 Å². The average molecular weight is 333 g/mol. The van der Waals surface area contributed by atoms with Crippen molar-refractivity contribution in [2.24, 2.45) is 0 Å². The summed E-state index contributed by atoms with van der Waals surface area (Å²) in [5.74, 6) is -0.127. The number of likely N-dealkylation sites (N-methyl/N-ethyl adjacent to an activating group) is 1. The summed E-state index contributed by atoms with van der Waals surface area (Å²) < 4.78 is 0. The molecule has 2 atom stereocenters. The molecule has 0 aliphatic rings. The summed E-state index contributed by atoms with van der Waals surface area (Å²) in [6.07, 6.45) is 1.88. The topological polar surface area (TPSA) is 61.4 Å². The Kier molecular flexibility index (Phi) is 8.47. The minimum absolute atomic E-state index is 0.00374. The molecule has 0 fully saturated rings. The molecule has 1 aromatic carbocycles. The van der Waals surface area contributed by atoms with Gasteiger partial charge in [-0.2, -0.15) is 0 Å². The number of carbonyl (C=O) groups excluding carboxylic acids is 2. The van der Waals surface area contributed by atoms with Crippen LogP contribution in [0.4, 0.5) is 0 Å². The summed E-state index contributed by atoms with van der Waals surface area (Å²) in [5, 5.41) is 5.96. The van der Waals surface area contributed by atoms with E-state index in [-0.39, 0.29) is 36.5 Å². The smallest absolute Gasteiger partial charge is 0.237 e. The van der Waals surface area contributed by atoms with Gasteiger partial charge in [0.1, 0.15) is 0 Å². The summed E-state index contributed by atoms with van der Waals surface area (Å²) in [4.78, 5) is 26.2. The number of hydrogen-bond acceptors (Lipinski definition) is 3. The van der Waals surface area contributed by atoms with Gasteiger partial charge in [0.25, 0.3) is 0 Å². The largest absolute Gasteiger partial charge is 0.353 e. The molecule has 0 radical (unpaired) electrons. The standard InChI is InChI=1S/C19H31N3O2/c1-6-10-17(16-11-8-7-9-12-16)21-19(24)15(4)22(5)13-18(23)20-14(2)3/h7-9,11-12,14-15,17H,6,10,13H2,1-5H3,(H,20,23)(H,21,24)/t15-,17+/m1/s1. The van der Waals surface area contributed by atoms with Crippen LogP contribution in [0, 0.1) is 0 Å². The van der Waals surface area contributed by atoms with Gasteiger partial charge in [-0.05, 0) is 39.8 Å². The minimum Gasteiger partial charge on any atom is -0.353 e. The fraction of sp³-hybridized carbons (Fsp3) is 0.579. The lowest BCUT2D eigenvalue weighted by atomic mass is 10.0. The van der Waals surface area contributed by atoms with E-state index in [1.54, 1.807) is 11.9 Å². The van der Waals surface area contributed by atoms with Gasteiger partial charge in [0.15, 0.2) is 0 Å². The minimum atomic E-state index is -0.369. The number of rotatable bonds is 9. The zero-order chi connectivity index (χ0) is 18.1. The van der Waals surface area contributed by atoms with E-state index in [4.69, 9.17) is 0 Å². The molecule has 2 N–H and O–H groups in total. The Morgan fingerprint density at radius 1 is 1.08 bits per heavy atom. The highest BCUT2D eigenvalue weighted by Crippen LogP contribution is 2.18. The molecule has 1 aromatic rings. The van der Waals surface area contributed by atoms with Crippen LogP contribution in [0.3, 0.4) is 0 Å². The zero-order valence-electron chi connectivity index (χ0n) is 15.5. The molecule has 1 rings (SSSR count). The zero-order valence-corrected chi connectivity index (χ0v) is 15.5. The van der Waals surface area contributed by atoms with E-state index in [0.29, 0.717) is 0 Å². The summed E-state index contributed by atoms with van der Waals surface area (Å²) in [6.45, 7) is 7.98. The molecule has 0 saturated carbocycles. The van der Waals surface area contributed by atoms with E-state index >= 15 is 0 Å². The van der Waals surface area contributed by atoms with E-state index in [2.05, 4.69) is 17.6 Å². The molecule has 0 heterocycles. The van der Waals surface area contributed by atoms with Gasteiger partial charge in [0.05, 0.1) is 18.6 Å². The van der Waals surface area contributed by atoms with Gasteiger partial charge in [-0.25, -0.2) is 0 Å². The maximum absolute atomic E-state index is 12.6. The number of amides is 2. The molecule has 24 heavy (non-hydrogen) atoms. The first-order valence-electron chi connectivity index (χ1n) is 8.70. The molecule has 0 aliphatic heterocycles. The molecule has 5 heteroatoms. The van der Waals surface area contributed by atoms with Gasteiger partial charge in [0, 0.05) is 6.04 Å². The van der Waals surface area contributed by atoms with Crippen molar-refractivity contribution in [1.29, 1.82) is 0 Å². The Balaban J connectivity index is 2.64. The summed E-state index contributed by atoms with van der Waals surface area (Å²) >= 11 is 0. The predicted molar refractivity (Wildman–Crippen MR) is 97.6 cm³/mol. The van der Waals surface area contributed by atoms with E-state index in [1.807, 2.05) is 51.1 Å². The molecule has 0 bridgehead atoms. The average Bonchev–Trinajstić information content (AvgIpc) is 2.53. The SMILES string of the molecule is CCC[C@H](NC(=O)[C@@H](C)N(C)CC(=O)NC(C)C)c1ccccc1. The third-order valence-electron chi connectivity index (χ3n) is 3.98. The number of nitrogens with zero attached hydrogens (tertiary/aromatic N) is 1. The van der Waals surface area contributed by atoms with Crippen molar-refractivity contribution in [3.05, 3.63) is 35.9 Å². The number of carbonyl (C=O) groups is 2. The van der Waals surface area contributed by atoms with E-state index < -0.39 is 0 Å². The molecular weight excluding hydrogens is 302 g/mol. The van der Waals surface area contributed by atoms with E-state index in [9.17, 15) is 9.59 Å². The molecular formula is C19H31N3O2. The van der Waals surface area contributed by atoms with Crippen LogP contribution in [-0.2, 0) is 9.59 Å². The van der Waals surface area contributed by atoms with Crippen molar-refractivity contribution in [3.8, 4) is 0 Å². The highest BCUT2D eigenvalue weighted by Gasteiger charge is 2.23. The van der Waals surface area contributed by atoms with Crippen LogP contribution in [0.5, 0.6) is 0 Å². The lowest BCUT2D eigenvalue weighted by Crippen LogP contribution is -2.48. The second-order valence-corrected chi connectivity index (χ2v) is 6.57. The lowest BCUT2D eigenvalue weighted by molar-refractivity contribution is -0.128. The monoisotopic (exact) mass is 333 g/mol. The Morgan fingerprint density at radius 3 is 2.25 bits per heavy atom. The third kappa shape index (κ3) is 6.71. The predicted octanol–water partition coefficient (Wildman–Crippen LogP) is 2.49. The van der Waals surface area contributed by atoms with Gasteiger partial charge >= 0.3 is 0 Å². The van der Waals surface area contributed by atoms with Crippen molar-refractivity contribution in [2.45, 2.75) is 58.7 Å². The Bertz CT molecular complexity index is 517. The normalized spacial score (nSPS) is 13.6. The Morgan fingerprint density at radius 2 is 1.71 bits per heavy atom. The molecule has 134 valence electrons. The van der Waals surface area contributed by atoms with Crippen molar-refractivity contribution in [1.82, 2.24) is 15.5 Å². The lowest BCUT2D eigenvalue weighted by Gasteiger charge is -2.26. The molecule has 0 aromatic heterocycles. The second-order valence-electron chi connectivity index (χ2n) is 6.57. The molecule has 0 saturated heterocycles. The van der Waals surface area contributed by atoms with E-state index in [1.165, 1.54) is 0 Å². The maximum Gasteiger partial charge on any atom is 0.237 e. The quantitative estimate of drug-likeness (QED) is 0.730. The molecule has 0 spiro atoms. The molecule has 2 amide bonds. The molecule has 0 aliphatic carbocycles. The van der Waals surface area contributed by atoms with E-state index in [0.717, 1.165) is 18.4 Å². The van der Waals surface area contributed by atoms with Crippen LogP contribution in [0.2, 0.25) is 0 Å². The van der Waals surface area contributed by atoms with Gasteiger partial charge in [-0.15, -0.1) is 0 Å². The van der Waals surface area contributed by atoms with Crippen molar-refractivity contribution in [3.63, 3.8) is 0 Å². The van der Waals surface area contributed by atoms with Crippen molar-refractivity contribution in [2.75, 3.05) is 13.6 Å². The van der Waals surface area contributed by atoms with Crippen molar-refractivity contribution < 1.29 is 9.59 Å². The summed E-state index contributed by atoms with van der Waals surface area (Å²) in [5.41, 5.74) is 1.11. The van der Waals surface area contributed by atoms with Crippen LogP contribution in [0.25, 0.3) is 0 Å². The highest BCUT2D eigenvalue weighted by molar-refractivity contribution is 5.83. The Labute approximate surface area is 145 Å². The maximum atomic E-state index is 12.6. The fourth-order valence-corrected chi connectivity index (χ4v) is 2.52. The highest BCUT2D eigenvalue weighted by atomic mass is 16.2. The van der Waals surface area contributed by atoms with Gasteiger partial charge in [0.2, 0.25) is 11.8 Å². The fourth-order valence-electron chi connectivity index (χ4n) is 2.52. The number of benzene rings is 1. The van der Waals surface area contributed by atoms with Crippen LogP contribution in [0.15, 0.2) is 30.3 Å². The van der Waals surface area contributed by atoms with Crippen LogP contribution in [-0.4, -0.2) is 42.4 Å². The van der Waals surface area contributed by atoms with Gasteiger partial charge in [-0.3, -0.25) is 14.5 Å². The molecule has 0 unspecified atom stereocenters. The molecule has 5 nitrogen and oxygen atoms in total. The first kappa shape index (κ1) is 20.2. The first-order chi connectivity index (χ1) is 11.3. The van der Waals surface area contributed by atoms with Crippen molar-refractivity contribution >= 4 is 11.8 Å². The summed E-state index contributed by atoms with van der Waals surface area (Å²) in [7, 11) is 1.79. The third-order valence-corrected chi connectivity index (χ3v) is 3.98. The van der Waals surface area contributed by atoms with Crippen LogP contribution >= 0.6 is 0 Å². The first-order valence-corrected chi connectivity index (χ1v) is 8.70. The van der Waals surface area contributed by atoms with Gasteiger partial charge < -0.3 is 10.6 Å². The van der Waals surface area contributed by atoms with Crippen LogP contribution in [0.1, 0.15) is 52.1 Å².